The molecule has 0 saturated heterocycles. The van der Waals surface area contributed by atoms with Gasteiger partial charge in [0.05, 0.1) is 0 Å². The van der Waals surface area contributed by atoms with Gasteiger partial charge in [-0.25, -0.2) is 0 Å². The third kappa shape index (κ3) is 7.30. The van der Waals surface area contributed by atoms with Crippen molar-refractivity contribution in [2.24, 2.45) is 0 Å². The van der Waals surface area contributed by atoms with Crippen molar-refractivity contribution in [2.75, 3.05) is 0 Å². The van der Waals surface area contributed by atoms with E-state index in [1.165, 1.54) is 63.1 Å². The molecule has 0 unspecified atom stereocenters. The van der Waals surface area contributed by atoms with Gasteiger partial charge in [0.25, 0.3) is 0 Å². The van der Waals surface area contributed by atoms with E-state index in [1.807, 2.05) is 0 Å². The smallest absolute Gasteiger partial charge is 0.00860 e. The van der Waals surface area contributed by atoms with Crippen molar-refractivity contribution >= 4 is 12.7 Å². The third-order valence-electron chi connectivity index (χ3n) is 5.62. The molecule has 154 valence electrons. The van der Waals surface area contributed by atoms with Crippen LogP contribution in [-0.2, 0) is 12.8 Å². The van der Waals surface area contributed by atoms with Crippen molar-refractivity contribution in [1.82, 2.24) is 0 Å². The maximum atomic E-state index is 4.47. The second kappa shape index (κ2) is 11.9. The van der Waals surface area contributed by atoms with Crippen LogP contribution in [0.4, 0.5) is 0 Å². The third-order valence-corrected chi connectivity index (χ3v) is 5.62. The Morgan fingerprint density at radius 3 is 2.18 bits per heavy atom. The van der Waals surface area contributed by atoms with E-state index in [4.69, 9.17) is 0 Å². The molecule has 0 N–H and O–H groups in total. The van der Waals surface area contributed by atoms with Crippen LogP contribution in [0.15, 0.2) is 35.5 Å². The van der Waals surface area contributed by atoms with Crippen molar-refractivity contribution < 1.29 is 0 Å². The van der Waals surface area contributed by atoms with Crippen molar-refractivity contribution in [3.05, 3.63) is 68.1 Å². The van der Waals surface area contributed by atoms with Gasteiger partial charge in [-0.1, -0.05) is 67.9 Å². The minimum atomic E-state index is 0.976. The second-order valence-corrected chi connectivity index (χ2v) is 8.62. The van der Waals surface area contributed by atoms with Crippen molar-refractivity contribution in [3.8, 4) is 0 Å². The number of hydrogen-bond donors (Lipinski definition) is 0. The number of hydrogen-bond acceptors (Lipinski definition) is 0. The Kier molecular flexibility index (Phi) is 10.3. The van der Waals surface area contributed by atoms with E-state index in [-0.39, 0.29) is 0 Å². The summed E-state index contributed by atoms with van der Waals surface area (Å²) >= 11 is 0. The average molecular weight is 379 g/mol. The first-order valence-electron chi connectivity index (χ1n) is 10.9. The molecule has 0 heteroatoms. The summed E-state index contributed by atoms with van der Waals surface area (Å²) in [5, 5.41) is 2.62. The van der Waals surface area contributed by atoms with Crippen LogP contribution in [0.1, 0.15) is 89.0 Å². The Morgan fingerprint density at radius 1 is 0.929 bits per heavy atom. The lowest BCUT2D eigenvalue weighted by Crippen LogP contribution is -2.27. The fraction of sp³-hybridized carbons (Fsp3) is 0.500. The van der Waals surface area contributed by atoms with Crippen LogP contribution in [-0.4, -0.2) is 0 Å². The molecule has 0 heterocycles. The predicted molar refractivity (Wildman–Crippen MR) is 129 cm³/mol. The standard InChI is InChI=1S/C28H42/c1-10-11-12-16-26-23(7)24(8)27(28(25(26)9)19-21(4)5)18-17-22(6)15-13-14-20(2)3/h14,17,19H,4,7,10-13,15-16,18H2,1-3,5-6,8-9H3/b22-17+,28-19+. The molecule has 0 fully saturated rings. The molecule has 1 aromatic rings. The summed E-state index contributed by atoms with van der Waals surface area (Å²) in [4.78, 5) is 0. The fourth-order valence-corrected chi connectivity index (χ4v) is 3.79. The molecular weight excluding hydrogens is 336 g/mol. The molecule has 0 amide bonds. The summed E-state index contributed by atoms with van der Waals surface area (Å²) in [5.74, 6) is 0. The molecule has 0 saturated carbocycles. The van der Waals surface area contributed by atoms with Gasteiger partial charge >= 0.3 is 0 Å². The number of benzene rings is 1. The first-order valence-corrected chi connectivity index (χ1v) is 10.9. The quantitative estimate of drug-likeness (QED) is 0.302. The van der Waals surface area contributed by atoms with Crippen LogP contribution in [0.5, 0.6) is 0 Å². The van der Waals surface area contributed by atoms with Gasteiger partial charge < -0.3 is 0 Å². The maximum absolute atomic E-state index is 4.47. The Morgan fingerprint density at radius 2 is 1.61 bits per heavy atom. The van der Waals surface area contributed by atoms with Crippen LogP contribution in [0.2, 0.25) is 0 Å². The molecule has 0 aliphatic rings. The zero-order valence-electron chi connectivity index (χ0n) is 19.6. The van der Waals surface area contributed by atoms with Gasteiger partial charge in [-0.3, -0.25) is 0 Å². The molecule has 1 aromatic carbocycles. The van der Waals surface area contributed by atoms with Gasteiger partial charge in [-0.15, -0.1) is 0 Å². The minimum absolute atomic E-state index is 0.976. The highest BCUT2D eigenvalue weighted by Gasteiger charge is 2.10. The first-order chi connectivity index (χ1) is 13.2. The van der Waals surface area contributed by atoms with E-state index < -0.39 is 0 Å². The molecule has 0 radical (unpaired) electrons. The normalized spacial score (nSPS) is 12.4. The lowest BCUT2D eigenvalue weighted by Gasteiger charge is -2.16. The number of allylic oxidation sites excluding steroid dienone is 5. The Labute approximate surface area is 174 Å². The van der Waals surface area contributed by atoms with Crippen molar-refractivity contribution in [2.45, 2.75) is 93.4 Å². The molecule has 0 aromatic heterocycles. The van der Waals surface area contributed by atoms with E-state index in [0.717, 1.165) is 31.3 Å². The zero-order valence-corrected chi connectivity index (χ0v) is 19.6. The Bertz CT molecular complexity index is 839. The van der Waals surface area contributed by atoms with E-state index in [9.17, 15) is 0 Å². The molecule has 0 bridgehead atoms. The molecule has 28 heavy (non-hydrogen) atoms. The first kappa shape index (κ1) is 24.2. The summed E-state index contributed by atoms with van der Waals surface area (Å²) in [6.45, 7) is 24.1. The highest BCUT2D eigenvalue weighted by molar-refractivity contribution is 5.53. The van der Waals surface area contributed by atoms with Gasteiger partial charge in [0, 0.05) is 0 Å². The van der Waals surface area contributed by atoms with E-state index in [2.05, 4.69) is 79.9 Å². The van der Waals surface area contributed by atoms with E-state index in [0.29, 0.717) is 0 Å². The summed E-state index contributed by atoms with van der Waals surface area (Å²) in [7, 11) is 0. The summed E-state index contributed by atoms with van der Waals surface area (Å²) in [6.07, 6.45) is 15.2. The lowest BCUT2D eigenvalue weighted by atomic mass is 9.89. The maximum Gasteiger partial charge on any atom is -0.00860 e. The van der Waals surface area contributed by atoms with Crippen LogP contribution >= 0.6 is 0 Å². The number of unbranched alkanes of at least 4 members (excludes halogenated alkanes) is 2. The molecule has 0 aliphatic heterocycles. The van der Waals surface area contributed by atoms with Crippen LogP contribution < -0.4 is 10.4 Å². The summed E-state index contributed by atoms with van der Waals surface area (Å²) in [5.41, 5.74) is 9.62. The van der Waals surface area contributed by atoms with Gasteiger partial charge in [-0.2, -0.15) is 0 Å². The molecule has 0 aliphatic carbocycles. The van der Waals surface area contributed by atoms with E-state index in [1.54, 1.807) is 0 Å². The molecule has 0 nitrogen and oxygen atoms in total. The lowest BCUT2D eigenvalue weighted by molar-refractivity contribution is 0.712. The van der Waals surface area contributed by atoms with Crippen molar-refractivity contribution in [3.63, 3.8) is 0 Å². The number of rotatable bonds is 10. The van der Waals surface area contributed by atoms with Gasteiger partial charge in [0.2, 0.25) is 0 Å². The highest BCUT2D eigenvalue weighted by Crippen LogP contribution is 2.13. The predicted octanol–water partition coefficient (Wildman–Crippen LogP) is 7.04. The molecule has 1 rings (SSSR count). The van der Waals surface area contributed by atoms with Gasteiger partial charge in [-0.05, 0) is 106 Å². The van der Waals surface area contributed by atoms with Gasteiger partial charge in [0.1, 0.15) is 0 Å². The molecular formula is C28H42. The SMILES string of the molecule is C=C(C)/C=c1\c(C)c(CCCCC)c(=C)c(C)c1C/C=C(\C)CCC=C(C)C. The Balaban J connectivity index is 3.32. The monoisotopic (exact) mass is 378 g/mol. The van der Waals surface area contributed by atoms with Crippen LogP contribution in [0.3, 0.4) is 0 Å². The largest absolute Gasteiger partial charge is 0.0961 e. The van der Waals surface area contributed by atoms with Crippen molar-refractivity contribution in [1.29, 1.82) is 0 Å². The zero-order chi connectivity index (χ0) is 21.3. The Hall–Kier alpha value is -1.82. The average Bonchev–Trinajstić information content (AvgIpc) is 2.61. The van der Waals surface area contributed by atoms with Crippen LogP contribution in [0, 0.1) is 13.8 Å². The van der Waals surface area contributed by atoms with Gasteiger partial charge in [0.15, 0.2) is 0 Å². The highest BCUT2D eigenvalue weighted by atomic mass is 14.2. The molecule has 0 atom stereocenters. The topological polar surface area (TPSA) is 0 Å². The summed E-state index contributed by atoms with van der Waals surface area (Å²) < 4.78 is 0. The van der Waals surface area contributed by atoms with E-state index >= 15 is 0 Å². The minimum Gasteiger partial charge on any atom is -0.0961 e. The molecule has 0 spiro atoms. The fourth-order valence-electron chi connectivity index (χ4n) is 3.79. The summed E-state index contributed by atoms with van der Waals surface area (Å²) in [6, 6.07) is 0. The van der Waals surface area contributed by atoms with Crippen LogP contribution in [0.25, 0.3) is 12.7 Å². The second-order valence-electron chi connectivity index (χ2n) is 8.62.